The van der Waals surface area contributed by atoms with E-state index in [0.29, 0.717) is 0 Å². The maximum Gasteiger partial charge on any atom is 0.335 e. The van der Waals surface area contributed by atoms with Crippen LogP contribution in [0.3, 0.4) is 0 Å². The van der Waals surface area contributed by atoms with Crippen LogP contribution < -0.4 is 0 Å². The van der Waals surface area contributed by atoms with Gasteiger partial charge >= 0.3 is 5.97 Å². The number of hydrogen-bond donors (Lipinski definition) is 1. The molecule has 0 aliphatic rings. The Morgan fingerprint density at radius 3 is 2.30 bits per heavy atom. The van der Waals surface area contributed by atoms with Gasteiger partial charge in [-0.05, 0) is 35.4 Å². The fourth-order valence-corrected chi connectivity index (χ4v) is 2.32. The van der Waals surface area contributed by atoms with Crippen molar-refractivity contribution in [2.75, 3.05) is 0 Å². The number of carboxylic acid groups (broad SMARTS) is 1. The van der Waals surface area contributed by atoms with Gasteiger partial charge in [0.1, 0.15) is 0 Å². The van der Waals surface area contributed by atoms with Crippen molar-refractivity contribution in [3.05, 3.63) is 89.6 Å². The molecule has 0 saturated carbocycles. The summed E-state index contributed by atoms with van der Waals surface area (Å²) in [6.07, 6.45) is 5.76. The topological polar surface area (TPSA) is 50.2 Å². The van der Waals surface area contributed by atoms with E-state index in [1.807, 2.05) is 54.6 Å². The van der Waals surface area contributed by atoms with E-state index in [0.717, 1.165) is 22.4 Å². The highest BCUT2D eigenvalue weighted by Gasteiger charge is 2.03. The van der Waals surface area contributed by atoms with E-state index in [-0.39, 0.29) is 5.56 Å². The monoisotopic (exact) mass is 301 g/mol. The van der Waals surface area contributed by atoms with Gasteiger partial charge in [0.05, 0.1) is 11.3 Å². The van der Waals surface area contributed by atoms with Gasteiger partial charge in [-0.1, -0.05) is 54.6 Å². The number of carbonyl (C=O) groups is 1. The maximum absolute atomic E-state index is 10.9. The minimum absolute atomic E-state index is 0.288. The molecule has 23 heavy (non-hydrogen) atoms. The zero-order valence-corrected chi connectivity index (χ0v) is 12.4. The number of rotatable bonds is 4. The molecule has 3 nitrogen and oxygen atoms in total. The number of nitrogens with zero attached hydrogens (tertiary/aromatic N) is 1. The highest BCUT2D eigenvalue weighted by Crippen LogP contribution is 2.23. The minimum atomic E-state index is -0.916. The zero-order chi connectivity index (χ0) is 16.1. The molecule has 1 aromatic heterocycles. The average molecular weight is 301 g/mol. The van der Waals surface area contributed by atoms with Crippen LogP contribution in [0.4, 0.5) is 0 Å². The molecule has 0 bridgehead atoms. The van der Waals surface area contributed by atoms with Crippen LogP contribution in [0.2, 0.25) is 0 Å². The number of hydrogen-bond acceptors (Lipinski definition) is 2. The Hall–Kier alpha value is -3.20. The first kappa shape index (κ1) is 14.7. The second-order valence-electron chi connectivity index (χ2n) is 5.06. The summed E-state index contributed by atoms with van der Waals surface area (Å²) >= 11 is 0. The number of aromatic carboxylic acids is 1. The second kappa shape index (κ2) is 6.71. The zero-order valence-electron chi connectivity index (χ0n) is 12.4. The Morgan fingerprint density at radius 1 is 0.870 bits per heavy atom. The van der Waals surface area contributed by atoms with E-state index < -0.39 is 5.97 Å². The van der Waals surface area contributed by atoms with E-state index in [1.54, 1.807) is 30.5 Å². The largest absolute Gasteiger partial charge is 0.478 e. The van der Waals surface area contributed by atoms with Crippen LogP contribution >= 0.6 is 0 Å². The summed E-state index contributed by atoms with van der Waals surface area (Å²) in [5.74, 6) is -0.916. The molecule has 3 aromatic rings. The molecular weight excluding hydrogens is 286 g/mol. The van der Waals surface area contributed by atoms with Crippen molar-refractivity contribution in [3.8, 4) is 11.3 Å². The summed E-state index contributed by atoms with van der Waals surface area (Å²) in [7, 11) is 0. The molecule has 0 unspecified atom stereocenters. The van der Waals surface area contributed by atoms with Crippen LogP contribution in [0.15, 0.2) is 72.9 Å². The fraction of sp³-hybridized carbons (Fsp3) is 0. The summed E-state index contributed by atoms with van der Waals surface area (Å²) in [5.41, 5.74) is 4.29. The number of benzene rings is 2. The number of carboxylic acids is 1. The number of pyridine rings is 1. The van der Waals surface area contributed by atoms with Crippen LogP contribution in [-0.2, 0) is 0 Å². The van der Waals surface area contributed by atoms with Crippen molar-refractivity contribution in [2.24, 2.45) is 0 Å². The van der Waals surface area contributed by atoms with Crippen molar-refractivity contribution in [1.82, 2.24) is 4.98 Å². The molecule has 0 spiro atoms. The highest BCUT2D eigenvalue weighted by molar-refractivity contribution is 5.88. The molecule has 0 aliphatic heterocycles. The second-order valence-corrected chi connectivity index (χ2v) is 5.06. The maximum atomic E-state index is 10.9. The normalized spacial score (nSPS) is 10.8. The third kappa shape index (κ3) is 3.52. The summed E-state index contributed by atoms with van der Waals surface area (Å²) in [6.45, 7) is 0. The minimum Gasteiger partial charge on any atom is -0.478 e. The molecule has 1 N–H and O–H groups in total. The highest BCUT2D eigenvalue weighted by atomic mass is 16.4. The molecule has 1 heterocycles. The molecule has 3 rings (SSSR count). The molecular formula is C20H15NO2. The van der Waals surface area contributed by atoms with Crippen LogP contribution in [-0.4, -0.2) is 16.1 Å². The molecule has 2 aromatic carbocycles. The summed E-state index contributed by atoms with van der Waals surface area (Å²) in [6, 6.07) is 20.7. The van der Waals surface area contributed by atoms with Gasteiger partial charge in [-0.2, -0.15) is 0 Å². The SMILES string of the molecule is O=C(O)c1ccc(/C=C/c2ccccc2-c2ccccn2)cc1. The Labute approximate surface area is 134 Å². The van der Waals surface area contributed by atoms with Gasteiger partial charge in [0, 0.05) is 11.8 Å². The predicted molar refractivity (Wildman–Crippen MR) is 92.0 cm³/mol. The van der Waals surface area contributed by atoms with Gasteiger partial charge in [0.25, 0.3) is 0 Å². The summed E-state index contributed by atoms with van der Waals surface area (Å²) < 4.78 is 0. The molecule has 0 fully saturated rings. The Balaban J connectivity index is 1.90. The summed E-state index contributed by atoms with van der Waals surface area (Å²) in [4.78, 5) is 15.3. The van der Waals surface area contributed by atoms with Gasteiger partial charge in [0.2, 0.25) is 0 Å². The smallest absolute Gasteiger partial charge is 0.335 e. The Bertz CT molecular complexity index is 837. The van der Waals surface area contributed by atoms with Crippen LogP contribution in [0.5, 0.6) is 0 Å². The van der Waals surface area contributed by atoms with Crippen LogP contribution in [0.25, 0.3) is 23.4 Å². The van der Waals surface area contributed by atoms with Gasteiger partial charge in [0.15, 0.2) is 0 Å². The van der Waals surface area contributed by atoms with Crippen molar-refractivity contribution in [3.63, 3.8) is 0 Å². The Kier molecular flexibility index (Phi) is 4.29. The van der Waals surface area contributed by atoms with Crippen LogP contribution in [0, 0.1) is 0 Å². The third-order valence-corrected chi connectivity index (χ3v) is 3.51. The van der Waals surface area contributed by atoms with Gasteiger partial charge in [-0.25, -0.2) is 4.79 Å². The lowest BCUT2D eigenvalue weighted by Crippen LogP contribution is -1.94. The molecule has 0 amide bonds. The first-order chi connectivity index (χ1) is 11.2. The lowest BCUT2D eigenvalue weighted by atomic mass is 10.0. The standard InChI is InChI=1S/C20H15NO2/c22-20(23)17-12-9-15(10-13-17)8-11-16-5-1-2-6-18(16)19-7-3-4-14-21-19/h1-14H,(H,22,23)/b11-8+. The van der Waals surface area contributed by atoms with Crippen molar-refractivity contribution < 1.29 is 9.90 Å². The molecule has 0 saturated heterocycles. The van der Waals surface area contributed by atoms with Crippen molar-refractivity contribution >= 4 is 18.1 Å². The molecule has 0 atom stereocenters. The molecule has 112 valence electrons. The molecule has 0 aliphatic carbocycles. The van der Waals surface area contributed by atoms with E-state index >= 15 is 0 Å². The fourth-order valence-electron chi connectivity index (χ4n) is 2.32. The molecule has 0 radical (unpaired) electrons. The Morgan fingerprint density at radius 2 is 1.61 bits per heavy atom. The first-order valence-electron chi connectivity index (χ1n) is 7.26. The van der Waals surface area contributed by atoms with Gasteiger partial charge in [-0.15, -0.1) is 0 Å². The van der Waals surface area contributed by atoms with E-state index in [4.69, 9.17) is 5.11 Å². The lowest BCUT2D eigenvalue weighted by molar-refractivity contribution is 0.0697. The van der Waals surface area contributed by atoms with Gasteiger partial charge < -0.3 is 5.11 Å². The van der Waals surface area contributed by atoms with Crippen LogP contribution in [0.1, 0.15) is 21.5 Å². The quantitative estimate of drug-likeness (QED) is 0.715. The van der Waals surface area contributed by atoms with E-state index in [1.165, 1.54) is 0 Å². The average Bonchev–Trinajstić information content (AvgIpc) is 2.61. The van der Waals surface area contributed by atoms with Crippen molar-refractivity contribution in [2.45, 2.75) is 0 Å². The first-order valence-corrected chi connectivity index (χ1v) is 7.26. The number of aromatic nitrogens is 1. The van der Waals surface area contributed by atoms with E-state index in [2.05, 4.69) is 4.98 Å². The third-order valence-electron chi connectivity index (χ3n) is 3.51. The summed E-state index contributed by atoms with van der Waals surface area (Å²) in [5, 5.41) is 8.92. The van der Waals surface area contributed by atoms with Crippen molar-refractivity contribution in [1.29, 1.82) is 0 Å². The van der Waals surface area contributed by atoms with Gasteiger partial charge in [-0.3, -0.25) is 4.98 Å². The van der Waals surface area contributed by atoms with E-state index in [9.17, 15) is 4.79 Å². The predicted octanol–water partition coefficient (Wildman–Crippen LogP) is 4.62. The molecule has 3 heteroatoms. The lowest BCUT2D eigenvalue weighted by Gasteiger charge is -2.05.